The number of hydrogen-bond donors (Lipinski definition) is 3. The first-order valence-electron chi connectivity index (χ1n) is 14.8. The predicted octanol–water partition coefficient (Wildman–Crippen LogP) is 4.88. The number of esters is 1. The maximum atomic E-state index is 14.5. The Morgan fingerprint density at radius 1 is 0.977 bits per heavy atom. The first-order chi connectivity index (χ1) is 20.1. The molecule has 0 saturated carbocycles. The molecule has 236 valence electrons. The number of amides is 3. The zero-order chi connectivity index (χ0) is 32.3. The quantitative estimate of drug-likeness (QED) is 0.280. The molecule has 0 aliphatic heterocycles. The highest BCUT2D eigenvalue weighted by Gasteiger charge is 2.38. The van der Waals surface area contributed by atoms with Crippen LogP contribution in [0.1, 0.15) is 82.7 Å². The second-order valence-corrected chi connectivity index (χ2v) is 11.7. The van der Waals surface area contributed by atoms with Crippen molar-refractivity contribution < 1.29 is 33.8 Å². The van der Waals surface area contributed by atoms with Gasteiger partial charge in [-0.25, -0.2) is 4.79 Å². The van der Waals surface area contributed by atoms with Gasteiger partial charge in [-0.2, -0.15) is 0 Å². The van der Waals surface area contributed by atoms with E-state index in [0.717, 1.165) is 11.1 Å². The Labute approximate surface area is 255 Å². The monoisotopic (exact) mass is 597 g/mol. The van der Waals surface area contributed by atoms with Crippen LogP contribution in [0.15, 0.2) is 42.5 Å². The lowest BCUT2D eigenvalue weighted by Gasteiger charge is -2.38. The largest absolute Gasteiger partial charge is 0.508 e. The fourth-order valence-corrected chi connectivity index (χ4v) is 4.72. The van der Waals surface area contributed by atoms with Crippen molar-refractivity contribution in [2.75, 3.05) is 13.2 Å². The number of carbonyl (C=O) groups is 4. The lowest BCUT2D eigenvalue weighted by molar-refractivity contribution is -0.146. The van der Waals surface area contributed by atoms with E-state index in [9.17, 15) is 24.3 Å². The third-order valence-electron chi connectivity index (χ3n) is 6.71. The summed E-state index contributed by atoms with van der Waals surface area (Å²) in [6.07, 6.45) is -0.160. The molecular formula is C33H47N3O7. The molecule has 0 aliphatic carbocycles. The average Bonchev–Trinajstić information content (AvgIpc) is 2.90. The van der Waals surface area contributed by atoms with Gasteiger partial charge in [-0.05, 0) is 78.1 Å². The van der Waals surface area contributed by atoms with E-state index < -0.39 is 47.6 Å². The van der Waals surface area contributed by atoms with Crippen molar-refractivity contribution in [3.05, 3.63) is 64.7 Å². The van der Waals surface area contributed by atoms with Crippen molar-refractivity contribution in [1.82, 2.24) is 15.5 Å². The van der Waals surface area contributed by atoms with Crippen molar-refractivity contribution in [2.24, 2.45) is 0 Å². The van der Waals surface area contributed by atoms with Crippen LogP contribution in [0.3, 0.4) is 0 Å². The van der Waals surface area contributed by atoms with E-state index in [1.54, 1.807) is 39.8 Å². The number of aromatic hydroxyl groups is 1. The van der Waals surface area contributed by atoms with Crippen LogP contribution in [0.25, 0.3) is 0 Å². The summed E-state index contributed by atoms with van der Waals surface area (Å²) in [6.45, 7) is 14.8. The number of aryl methyl sites for hydroxylation is 2. The number of ether oxygens (including phenoxy) is 2. The van der Waals surface area contributed by atoms with Crippen LogP contribution < -0.4 is 10.6 Å². The van der Waals surface area contributed by atoms with E-state index in [2.05, 4.69) is 10.6 Å². The third-order valence-corrected chi connectivity index (χ3v) is 6.71. The molecule has 0 bridgehead atoms. The Balaban J connectivity index is 2.58. The Bertz CT molecular complexity index is 1230. The lowest BCUT2D eigenvalue weighted by Crippen LogP contribution is -2.56. The van der Waals surface area contributed by atoms with Gasteiger partial charge >= 0.3 is 12.1 Å². The Morgan fingerprint density at radius 3 is 2.12 bits per heavy atom. The van der Waals surface area contributed by atoms with Gasteiger partial charge in [0.1, 0.15) is 23.4 Å². The van der Waals surface area contributed by atoms with Crippen LogP contribution in [0.5, 0.6) is 5.75 Å². The second kappa shape index (κ2) is 16.0. The molecule has 0 spiro atoms. The van der Waals surface area contributed by atoms with Crippen molar-refractivity contribution >= 4 is 23.9 Å². The minimum atomic E-state index is -1.09. The number of carbonyl (C=O) groups excluding carboxylic acids is 4. The maximum Gasteiger partial charge on any atom is 0.408 e. The minimum Gasteiger partial charge on any atom is -0.508 e. The topological polar surface area (TPSA) is 134 Å². The first kappa shape index (κ1) is 35.1. The molecule has 3 N–H and O–H groups in total. The summed E-state index contributed by atoms with van der Waals surface area (Å²) < 4.78 is 10.5. The van der Waals surface area contributed by atoms with E-state index in [0.29, 0.717) is 17.5 Å². The fourth-order valence-electron chi connectivity index (χ4n) is 4.72. The van der Waals surface area contributed by atoms with Crippen molar-refractivity contribution in [1.29, 1.82) is 0 Å². The molecule has 0 aliphatic rings. The smallest absolute Gasteiger partial charge is 0.408 e. The van der Waals surface area contributed by atoms with E-state index in [1.165, 1.54) is 17.0 Å². The Hall–Kier alpha value is -4.08. The summed E-state index contributed by atoms with van der Waals surface area (Å²) in [5.41, 5.74) is 2.35. The van der Waals surface area contributed by atoms with E-state index in [-0.39, 0.29) is 31.7 Å². The van der Waals surface area contributed by atoms with E-state index in [4.69, 9.17) is 9.47 Å². The normalized spacial score (nSPS) is 13.3. The molecule has 2 aromatic carbocycles. The minimum absolute atomic E-state index is 0.0138. The average molecular weight is 598 g/mol. The molecule has 43 heavy (non-hydrogen) atoms. The number of rotatable bonds is 13. The van der Waals surface area contributed by atoms with E-state index >= 15 is 0 Å². The number of alkyl carbamates (subject to hydrolysis) is 1. The molecule has 0 fully saturated rings. The van der Waals surface area contributed by atoms with Gasteiger partial charge in [0.15, 0.2) is 0 Å². The SMILES string of the molecule is CCOC(=O)CCNC(=O)C(c1cc(C)cc(C)c1)N(C(=O)C(Cc1ccc(O)cc1)NC(=O)OC(C)(C)C)C(C)CC. The van der Waals surface area contributed by atoms with Crippen LogP contribution >= 0.6 is 0 Å². The first-order valence-corrected chi connectivity index (χ1v) is 14.8. The molecule has 0 aromatic heterocycles. The number of phenolic OH excluding ortho intramolecular Hbond substituents is 1. The summed E-state index contributed by atoms with van der Waals surface area (Å²) in [6, 6.07) is 9.51. The highest BCUT2D eigenvalue weighted by molar-refractivity contribution is 5.92. The molecule has 3 amide bonds. The lowest BCUT2D eigenvalue weighted by atomic mass is 9.95. The van der Waals surface area contributed by atoms with Gasteiger partial charge in [0.25, 0.3) is 0 Å². The predicted molar refractivity (Wildman–Crippen MR) is 164 cm³/mol. The number of nitrogens with one attached hydrogen (secondary N) is 2. The molecule has 0 saturated heterocycles. The third kappa shape index (κ3) is 11.3. The molecular weight excluding hydrogens is 550 g/mol. The number of nitrogens with zero attached hydrogens (tertiary/aromatic N) is 1. The van der Waals surface area contributed by atoms with Crippen LogP contribution in [0.4, 0.5) is 4.79 Å². The van der Waals surface area contributed by atoms with Crippen LogP contribution in [0, 0.1) is 13.8 Å². The molecule has 3 atom stereocenters. The molecule has 2 aromatic rings. The van der Waals surface area contributed by atoms with Gasteiger partial charge < -0.3 is 30.1 Å². The summed E-state index contributed by atoms with van der Waals surface area (Å²) >= 11 is 0. The van der Waals surface area contributed by atoms with Crippen LogP contribution in [-0.2, 0) is 30.3 Å². The Morgan fingerprint density at radius 2 is 1.58 bits per heavy atom. The zero-order valence-electron chi connectivity index (χ0n) is 26.7. The van der Waals surface area contributed by atoms with Gasteiger partial charge in [0, 0.05) is 19.0 Å². The van der Waals surface area contributed by atoms with Crippen molar-refractivity contribution in [2.45, 2.75) is 98.4 Å². The summed E-state index contributed by atoms with van der Waals surface area (Å²) in [5, 5.41) is 15.3. The fraction of sp³-hybridized carbons (Fsp3) is 0.515. The van der Waals surface area contributed by atoms with Gasteiger partial charge in [0.2, 0.25) is 11.8 Å². The zero-order valence-corrected chi connectivity index (χ0v) is 26.7. The maximum absolute atomic E-state index is 14.5. The van der Waals surface area contributed by atoms with Crippen molar-refractivity contribution in [3.63, 3.8) is 0 Å². The Kier molecular flexibility index (Phi) is 13.0. The van der Waals surface area contributed by atoms with Gasteiger partial charge in [0.05, 0.1) is 13.0 Å². The summed E-state index contributed by atoms with van der Waals surface area (Å²) in [7, 11) is 0. The van der Waals surface area contributed by atoms with E-state index in [1.807, 2.05) is 45.9 Å². The summed E-state index contributed by atoms with van der Waals surface area (Å²) in [5.74, 6) is -1.29. The van der Waals surface area contributed by atoms with Gasteiger partial charge in [-0.15, -0.1) is 0 Å². The molecule has 3 unspecified atom stereocenters. The highest BCUT2D eigenvalue weighted by Crippen LogP contribution is 2.28. The molecule has 0 radical (unpaired) electrons. The van der Waals surface area contributed by atoms with Crippen molar-refractivity contribution in [3.8, 4) is 5.75 Å². The van der Waals surface area contributed by atoms with Crippen LogP contribution in [0.2, 0.25) is 0 Å². The number of benzene rings is 2. The molecule has 10 nitrogen and oxygen atoms in total. The number of hydrogen-bond acceptors (Lipinski definition) is 7. The van der Waals surface area contributed by atoms with Gasteiger partial charge in [-0.3, -0.25) is 14.4 Å². The number of phenols is 1. The van der Waals surface area contributed by atoms with Crippen LogP contribution in [-0.4, -0.2) is 64.7 Å². The molecule has 2 rings (SSSR count). The highest BCUT2D eigenvalue weighted by atomic mass is 16.6. The molecule has 0 heterocycles. The second-order valence-electron chi connectivity index (χ2n) is 11.7. The standard InChI is InChI=1S/C33H47N3O7/c1-9-23(5)36(29(25-18-21(3)17-22(4)19-25)30(39)34-16-15-28(38)42-10-2)31(40)27(35-32(41)43-33(6,7)8)20-24-11-13-26(37)14-12-24/h11-14,17-19,23,27,29,37H,9-10,15-16,20H2,1-8H3,(H,34,39)(H,35,41). The molecule has 10 heteroatoms. The summed E-state index contributed by atoms with van der Waals surface area (Å²) in [4.78, 5) is 54.8. The van der Waals surface area contributed by atoms with Gasteiger partial charge in [-0.1, -0.05) is 48.4 Å².